The second-order valence-electron chi connectivity index (χ2n) is 7.78. The van der Waals surface area contributed by atoms with Crippen molar-refractivity contribution in [1.29, 1.82) is 0 Å². The highest BCUT2D eigenvalue weighted by Crippen LogP contribution is 2.30. The highest BCUT2D eigenvalue weighted by Gasteiger charge is 2.13. The SMILES string of the molecule is O=C(O)c1ccc(Cn2cc(-c3ccc(Cl)cc3Cl)nc2CCCc2ccc(I)cc2)cc1. The van der Waals surface area contributed by atoms with E-state index in [0.717, 1.165) is 41.9 Å². The molecule has 0 radical (unpaired) electrons. The normalized spacial score (nSPS) is 11.0. The second-order valence-corrected chi connectivity index (χ2v) is 9.87. The molecule has 0 spiro atoms. The number of hydrogen-bond acceptors (Lipinski definition) is 2. The third-order valence-corrected chi connectivity index (χ3v) is 6.67. The summed E-state index contributed by atoms with van der Waals surface area (Å²) in [5, 5.41) is 10.3. The van der Waals surface area contributed by atoms with Crippen molar-refractivity contribution < 1.29 is 9.90 Å². The molecule has 0 saturated carbocycles. The average Bonchev–Trinajstić information content (AvgIpc) is 3.17. The van der Waals surface area contributed by atoms with E-state index < -0.39 is 5.97 Å². The molecular formula is C26H21Cl2IN2O2. The number of carboxylic acid groups (broad SMARTS) is 1. The van der Waals surface area contributed by atoms with E-state index in [1.54, 1.807) is 18.2 Å². The van der Waals surface area contributed by atoms with Gasteiger partial charge in [-0.25, -0.2) is 9.78 Å². The molecule has 0 unspecified atom stereocenters. The summed E-state index contributed by atoms with van der Waals surface area (Å²) >= 11 is 14.8. The lowest BCUT2D eigenvalue weighted by molar-refractivity contribution is 0.0697. The van der Waals surface area contributed by atoms with Gasteiger partial charge in [0.2, 0.25) is 0 Å². The maximum atomic E-state index is 11.2. The largest absolute Gasteiger partial charge is 0.478 e. The monoisotopic (exact) mass is 590 g/mol. The summed E-state index contributed by atoms with van der Waals surface area (Å²) in [6.07, 6.45) is 4.74. The molecule has 33 heavy (non-hydrogen) atoms. The number of halogens is 3. The van der Waals surface area contributed by atoms with Crippen LogP contribution in [-0.2, 0) is 19.4 Å². The zero-order valence-corrected chi connectivity index (χ0v) is 21.3. The van der Waals surface area contributed by atoms with Crippen LogP contribution in [0.2, 0.25) is 10.0 Å². The zero-order chi connectivity index (χ0) is 23.4. The Morgan fingerprint density at radius 1 is 0.939 bits per heavy atom. The minimum absolute atomic E-state index is 0.274. The van der Waals surface area contributed by atoms with Crippen LogP contribution in [-0.4, -0.2) is 20.6 Å². The summed E-state index contributed by atoms with van der Waals surface area (Å²) in [4.78, 5) is 16.1. The number of hydrogen-bond donors (Lipinski definition) is 1. The molecule has 0 aliphatic rings. The number of benzene rings is 3. The van der Waals surface area contributed by atoms with Crippen LogP contribution in [0.5, 0.6) is 0 Å². The van der Waals surface area contributed by atoms with Gasteiger partial charge >= 0.3 is 5.97 Å². The van der Waals surface area contributed by atoms with Crippen molar-refractivity contribution in [2.24, 2.45) is 0 Å². The van der Waals surface area contributed by atoms with Gasteiger partial charge in [-0.2, -0.15) is 0 Å². The number of carboxylic acids is 1. The molecule has 1 heterocycles. The molecule has 4 nitrogen and oxygen atoms in total. The summed E-state index contributed by atoms with van der Waals surface area (Å²) in [6.45, 7) is 0.594. The quantitative estimate of drug-likeness (QED) is 0.218. The smallest absolute Gasteiger partial charge is 0.335 e. The molecule has 1 N–H and O–H groups in total. The third kappa shape index (κ3) is 6.16. The molecule has 0 bridgehead atoms. The Hall–Kier alpha value is -2.35. The standard InChI is InChI=1S/C26H21Cl2IN2O2/c27-20-10-13-22(23(28)14-20)24-16-31(15-18-4-8-19(9-5-18)26(32)33)25(30-24)3-1-2-17-6-11-21(29)12-7-17/h4-14,16H,1-3,15H2,(H,32,33). The molecule has 0 saturated heterocycles. The lowest BCUT2D eigenvalue weighted by atomic mass is 10.1. The highest BCUT2D eigenvalue weighted by atomic mass is 127. The number of imidazole rings is 1. The van der Waals surface area contributed by atoms with E-state index in [1.165, 1.54) is 9.13 Å². The maximum Gasteiger partial charge on any atom is 0.335 e. The van der Waals surface area contributed by atoms with E-state index in [4.69, 9.17) is 33.3 Å². The number of aryl methyl sites for hydroxylation is 2. The van der Waals surface area contributed by atoms with Crippen LogP contribution in [0.25, 0.3) is 11.3 Å². The number of aromatic carboxylic acids is 1. The molecule has 4 aromatic rings. The Kier molecular flexibility index (Phi) is 7.73. The van der Waals surface area contributed by atoms with E-state index >= 15 is 0 Å². The van der Waals surface area contributed by atoms with Crippen molar-refractivity contribution in [1.82, 2.24) is 9.55 Å². The molecular weight excluding hydrogens is 570 g/mol. The van der Waals surface area contributed by atoms with E-state index in [2.05, 4.69) is 51.4 Å². The van der Waals surface area contributed by atoms with Crippen LogP contribution in [0.4, 0.5) is 0 Å². The van der Waals surface area contributed by atoms with Crippen LogP contribution in [0.3, 0.4) is 0 Å². The lowest BCUT2D eigenvalue weighted by Crippen LogP contribution is -2.05. The van der Waals surface area contributed by atoms with Crippen molar-refractivity contribution in [3.05, 3.63) is 109 Å². The van der Waals surface area contributed by atoms with Gasteiger partial charge in [0.05, 0.1) is 16.3 Å². The van der Waals surface area contributed by atoms with Gasteiger partial charge < -0.3 is 9.67 Å². The van der Waals surface area contributed by atoms with Crippen molar-refractivity contribution in [2.45, 2.75) is 25.8 Å². The summed E-state index contributed by atoms with van der Waals surface area (Å²) < 4.78 is 3.34. The lowest BCUT2D eigenvalue weighted by Gasteiger charge is -2.08. The molecule has 1 aromatic heterocycles. The van der Waals surface area contributed by atoms with E-state index in [-0.39, 0.29) is 5.56 Å². The van der Waals surface area contributed by atoms with Crippen molar-refractivity contribution >= 4 is 51.8 Å². The first-order chi connectivity index (χ1) is 15.9. The van der Waals surface area contributed by atoms with E-state index in [0.29, 0.717) is 16.6 Å². The number of nitrogens with zero attached hydrogens (tertiary/aromatic N) is 2. The molecule has 0 aliphatic carbocycles. The number of rotatable bonds is 8. The summed E-state index contributed by atoms with van der Waals surface area (Å²) in [5.74, 6) is 0.0315. The van der Waals surface area contributed by atoms with Crippen molar-refractivity contribution in [3.8, 4) is 11.3 Å². The van der Waals surface area contributed by atoms with Crippen LogP contribution < -0.4 is 0 Å². The van der Waals surface area contributed by atoms with Crippen LogP contribution >= 0.6 is 45.8 Å². The Balaban J connectivity index is 1.58. The van der Waals surface area contributed by atoms with Gasteiger partial charge in [0.15, 0.2) is 0 Å². The molecule has 3 aromatic carbocycles. The maximum absolute atomic E-state index is 11.2. The fourth-order valence-corrected chi connectivity index (χ4v) is 4.53. The summed E-state index contributed by atoms with van der Waals surface area (Å²) in [5.41, 5.74) is 4.21. The fraction of sp³-hybridized carbons (Fsp3) is 0.154. The average molecular weight is 591 g/mol. The number of carbonyl (C=O) groups is 1. The van der Waals surface area contributed by atoms with Gasteiger partial charge in [-0.1, -0.05) is 47.5 Å². The Morgan fingerprint density at radius 3 is 2.30 bits per heavy atom. The van der Waals surface area contributed by atoms with Crippen molar-refractivity contribution in [3.63, 3.8) is 0 Å². The third-order valence-electron chi connectivity index (χ3n) is 5.40. The molecule has 0 amide bonds. The van der Waals surface area contributed by atoms with Crippen molar-refractivity contribution in [2.75, 3.05) is 0 Å². The van der Waals surface area contributed by atoms with E-state index in [1.807, 2.05) is 30.5 Å². The molecule has 0 atom stereocenters. The van der Waals surface area contributed by atoms with Gasteiger partial charge in [0.25, 0.3) is 0 Å². The summed E-state index contributed by atoms with van der Waals surface area (Å²) in [6, 6.07) is 20.9. The second kappa shape index (κ2) is 10.7. The van der Waals surface area contributed by atoms with Crippen LogP contribution in [0, 0.1) is 3.57 Å². The molecule has 0 aliphatic heterocycles. The van der Waals surface area contributed by atoms with Crippen LogP contribution in [0.15, 0.2) is 72.9 Å². The minimum Gasteiger partial charge on any atom is -0.478 e. The van der Waals surface area contributed by atoms with Gasteiger partial charge in [0, 0.05) is 33.3 Å². The van der Waals surface area contributed by atoms with Gasteiger partial charge in [0.1, 0.15) is 5.82 Å². The topological polar surface area (TPSA) is 55.1 Å². The van der Waals surface area contributed by atoms with Gasteiger partial charge in [-0.05, 0) is 89.0 Å². The predicted octanol–water partition coefficient (Wildman–Crippen LogP) is 7.38. The fourth-order valence-electron chi connectivity index (χ4n) is 3.67. The van der Waals surface area contributed by atoms with Gasteiger partial charge in [-0.3, -0.25) is 0 Å². The molecule has 0 fully saturated rings. The minimum atomic E-state index is -0.930. The highest BCUT2D eigenvalue weighted by molar-refractivity contribution is 14.1. The first-order valence-corrected chi connectivity index (χ1v) is 12.3. The Labute approximate surface area is 216 Å². The molecule has 4 rings (SSSR count). The number of aromatic nitrogens is 2. The molecule has 7 heteroatoms. The van der Waals surface area contributed by atoms with Gasteiger partial charge in [-0.15, -0.1) is 0 Å². The predicted molar refractivity (Wildman–Crippen MR) is 141 cm³/mol. The molecule has 168 valence electrons. The Morgan fingerprint density at radius 2 is 1.64 bits per heavy atom. The first kappa shape index (κ1) is 23.8. The zero-order valence-electron chi connectivity index (χ0n) is 17.6. The Bertz CT molecular complexity index is 1270. The van der Waals surface area contributed by atoms with E-state index in [9.17, 15) is 4.79 Å². The summed E-state index contributed by atoms with van der Waals surface area (Å²) in [7, 11) is 0. The van der Waals surface area contributed by atoms with Crippen LogP contribution in [0.1, 0.15) is 33.7 Å². The first-order valence-electron chi connectivity index (χ1n) is 10.5.